The molecule has 0 bridgehead atoms. The average molecular weight is 389 g/mol. The lowest BCUT2D eigenvalue weighted by atomic mass is 9.84. The zero-order valence-corrected chi connectivity index (χ0v) is 16.8. The van der Waals surface area contributed by atoms with Crippen molar-refractivity contribution in [3.8, 4) is 5.75 Å². The molecule has 6 heteroatoms. The van der Waals surface area contributed by atoms with Gasteiger partial charge in [0.15, 0.2) is 0 Å². The van der Waals surface area contributed by atoms with E-state index in [1.165, 1.54) is 17.7 Å². The highest BCUT2D eigenvalue weighted by atomic mass is 32.1. The minimum atomic E-state index is -0.442. The number of carbonyl (C=O) groups is 1. The monoisotopic (exact) mass is 388 g/mol. The first kappa shape index (κ1) is 19.7. The van der Waals surface area contributed by atoms with Gasteiger partial charge in [0.2, 0.25) is 0 Å². The minimum absolute atomic E-state index is 0.00470. The Bertz CT molecular complexity index is 749. The van der Waals surface area contributed by atoms with E-state index in [-0.39, 0.29) is 11.4 Å². The number of rotatable bonds is 7. The number of hydrogen-bond acceptors (Lipinski definition) is 4. The number of urea groups is 1. The summed E-state index contributed by atoms with van der Waals surface area (Å²) in [6.07, 6.45) is 4.06. The number of methoxy groups -OCH3 is 1. The molecule has 0 spiro atoms. The van der Waals surface area contributed by atoms with E-state index < -0.39 is 6.10 Å². The molecule has 1 saturated carbocycles. The number of aliphatic hydroxyl groups excluding tert-OH is 1. The van der Waals surface area contributed by atoms with Crippen molar-refractivity contribution in [1.29, 1.82) is 0 Å². The summed E-state index contributed by atoms with van der Waals surface area (Å²) in [6, 6.07) is 11.6. The molecular formula is C21H28N2O3S. The molecule has 1 aromatic heterocycles. The SMILES string of the molecule is COc1ccc(CNC(=O)NCC2(c3ccc(C(C)O)s3)CCCC2)cc1. The number of carbonyl (C=O) groups excluding carboxylic acids is 1. The number of nitrogens with one attached hydrogen (secondary N) is 2. The van der Waals surface area contributed by atoms with Gasteiger partial charge in [-0.25, -0.2) is 4.79 Å². The van der Waals surface area contributed by atoms with Crippen LogP contribution in [0.25, 0.3) is 0 Å². The predicted molar refractivity (Wildman–Crippen MR) is 108 cm³/mol. The van der Waals surface area contributed by atoms with E-state index in [4.69, 9.17) is 4.74 Å². The van der Waals surface area contributed by atoms with E-state index in [0.717, 1.165) is 29.0 Å². The van der Waals surface area contributed by atoms with Crippen molar-refractivity contribution in [2.75, 3.05) is 13.7 Å². The first-order valence-electron chi connectivity index (χ1n) is 9.45. The van der Waals surface area contributed by atoms with Crippen molar-refractivity contribution >= 4 is 17.4 Å². The number of thiophene rings is 1. The van der Waals surface area contributed by atoms with Gasteiger partial charge < -0.3 is 20.5 Å². The van der Waals surface area contributed by atoms with Gasteiger partial charge >= 0.3 is 6.03 Å². The first-order chi connectivity index (χ1) is 13.0. The van der Waals surface area contributed by atoms with Crippen LogP contribution in [0.3, 0.4) is 0 Å². The highest BCUT2D eigenvalue weighted by Crippen LogP contribution is 2.44. The maximum Gasteiger partial charge on any atom is 0.315 e. The zero-order valence-electron chi connectivity index (χ0n) is 16.0. The molecular weight excluding hydrogens is 360 g/mol. The van der Waals surface area contributed by atoms with E-state index in [9.17, 15) is 9.90 Å². The summed E-state index contributed by atoms with van der Waals surface area (Å²) in [6.45, 7) is 2.90. The molecule has 3 N–H and O–H groups in total. The van der Waals surface area contributed by atoms with Gasteiger partial charge in [-0.3, -0.25) is 0 Å². The third-order valence-corrected chi connectivity index (χ3v) is 6.82. The van der Waals surface area contributed by atoms with Crippen LogP contribution < -0.4 is 15.4 Å². The average Bonchev–Trinajstić information content (AvgIpc) is 3.35. The quantitative estimate of drug-likeness (QED) is 0.668. The smallest absolute Gasteiger partial charge is 0.315 e. The minimum Gasteiger partial charge on any atom is -0.497 e. The highest BCUT2D eigenvalue weighted by molar-refractivity contribution is 7.12. The summed E-state index contributed by atoms with van der Waals surface area (Å²) in [5, 5.41) is 15.8. The molecule has 1 fully saturated rings. The Morgan fingerprint density at radius 1 is 1.19 bits per heavy atom. The number of hydrogen-bond donors (Lipinski definition) is 3. The summed E-state index contributed by atoms with van der Waals surface area (Å²) in [5.41, 5.74) is 1.02. The maximum absolute atomic E-state index is 12.3. The van der Waals surface area contributed by atoms with E-state index >= 15 is 0 Å². The molecule has 1 atom stereocenters. The topological polar surface area (TPSA) is 70.6 Å². The van der Waals surface area contributed by atoms with Gasteiger partial charge in [0.05, 0.1) is 13.2 Å². The van der Waals surface area contributed by atoms with Crippen molar-refractivity contribution in [2.45, 2.75) is 50.7 Å². The van der Waals surface area contributed by atoms with Crippen LogP contribution in [-0.4, -0.2) is 24.8 Å². The molecule has 5 nitrogen and oxygen atoms in total. The van der Waals surface area contributed by atoms with Crippen LogP contribution in [0.1, 0.15) is 54.0 Å². The van der Waals surface area contributed by atoms with Crippen molar-refractivity contribution in [3.05, 3.63) is 51.7 Å². The molecule has 1 heterocycles. The molecule has 146 valence electrons. The summed E-state index contributed by atoms with van der Waals surface area (Å²) in [5.74, 6) is 0.805. The van der Waals surface area contributed by atoms with Gasteiger partial charge in [-0.05, 0) is 49.6 Å². The summed E-state index contributed by atoms with van der Waals surface area (Å²) >= 11 is 1.67. The van der Waals surface area contributed by atoms with Crippen LogP contribution in [0.5, 0.6) is 5.75 Å². The molecule has 27 heavy (non-hydrogen) atoms. The normalized spacial score (nSPS) is 16.7. The number of amides is 2. The molecule has 0 radical (unpaired) electrons. The molecule has 1 aromatic carbocycles. The zero-order chi connectivity index (χ0) is 19.3. The largest absolute Gasteiger partial charge is 0.497 e. The molecule has 0 aliphatic heterocycles. The Kier molecular flexibility index (Phi) is 6.39. The molecule has 2 aromatic rings. The molecule has 1 aliphatic rings. The molecule has 1 unspecified atom stereocenters. The lowest BCUT2D eigenvalue weighted by Crippen LogP contribution is -2.43. The lowest BCUT2D eigenvalue weighted by molar-refractivity contribution is 0.203. The summed E-state index contributed by atoms with van der Waals surface area (Å²) in [4.78, 5) is 14.6. The first-order valence-corrected chi connectivity index (χ1v) is 10.3. The second kappa shape index (κ2) is 8.76. The Morgan fingerprint density at radius 2 is 1.89 bits per heavy atom. The molecule has 2 amide bonds. The van der Waals surface area contributed by atoms with Crippen molar-refractivity contribution in [3.63, 3.8) is 0 Å². The van der Waals surface area contributed by atoms with Gasteiger partial charge in [-0.1, -0.05) is 25.0 Å². The fourth-order valence-corrected chi connectivity index (χ4v) is 4.85. The summed E-state index contributed by atoms with van der Waals surface area (Å²) in [7, 11) is 1.64. The van der Waals surface area contributed by atoms with Crippen LogP contribution >= 0.6 is 11.3 Å². The van der Waals surface area contributed by atoms with E-state index in [1.807, 2.05) is 30.3 Å². The second-order valence-electron chi connectivity index (χ2n) is 7.25. The van der Waals surface area contributed by atoms with Crippen molar-refractivity contribution in [1.82, 2.24) is 10.6 Å². The fraction of sp³-hybridized carbons (Fsp3) is 0.476. The van der Waals surface area contributed by atoms with Crippen LogP contribution in [0.15, 0.2) is 36.4 Å². The van der Waals surface area contributed by atoms with Gasteiger partial charge in [0, 0.05) is 28.3 Å². The maximum atomic E-state index is 12.3. The molecule has 3 rings (SSSR count). The van der Waals surface area contributed by atoms with E-state index in [0.29, 0.717) is 13.1 Å². The third-order valence-electron chi connectivity index (χ3n) is 5.32. The van der Waals surface area contributed by atoms with Crippen LogP contribution in [0.4, 0.5) is 4.79 Å². The Hall–Kier alpha value is -2.05. The molecule has 0 saturated heterocycles. The number of ether oxygens (including phenoxy) is 1. The Morgan fingerprint density at radius 3 is 2.48 bits per heavy atom. The lowest BCUT2D eigenvalue weighted by Gasteiger charge is -2.28. The Labute approximate surface area is 164 Å². The van der Waals surface area contributed by atoms with Crippen molar-refractivity contribution < 1.29 is 14.6 Å². The van der Waals surface area contributed by atoms with Gasteiger partial charge in [0.25, 0.3) is 0 Å². The van der Waals surface area contributed by atoms with Crippen molar-refractivity contribution in [2.24, 2.45) is 0 Å². The standard InChI is InChI=1S/C21H28N2O3S/c1-15(24)18-9-10-19(27-18)21(11-3-4-12-21)14-23-20(25)22-13-16-5-7-17(26-2)8-6-16/h5-10,15,24H,3-4,11-14H2,1-2H3,(H2,22,23,25). The van der Waals surface area contributed by atoms with E-state index in [1.54, 1.807) is 25.4 Å². The number of aliphatic hydroxyl groups is 1. The predicted octanol–water partition coefficient (Wildman–Crippen LogP) is 4.12. The van der Waals surface area contributed by atoms with Gasteiger partial charge in [-0.2, -0.15) is 0 Å². The summed E-state index contributed by atoms with van der Waals surface area (Å²) < 4.78 is 5.15. The van der Waals surface area contributed by atoms with Crippen LogP contribution in [-0.2, 0) is 12.0 Å². The third kappa shape index (κ3) is 4.82. The Balaban J connectivity index is 1.56. The number of benzene rings is 1. The molecule has 1 aliphatic carbocycles. The van der Waals surface area contributed by atoms with Crippen LogP contribution in [0, 0.1) is 0 Å². The highest BCUT2D eigenvalue weighted by Gasteiger charge is 2.37. The second-order valence-corrected chi connectivity index (χ2v) is 8.37. The van der Waals surface area contributed by atoms with E-state index in [2.05, 4.69) is 16.7 Å². The van der Waals surface area contributed by atoms with Gasteiger partial charge in [-0.15, -0.1) is 11.3 Å². The van der Waals surface area contributed by atoms with Crippen LogP contribution in [0.2, 0.25) is 0 Å². The van der Waals surface area contributed by atoms with Gasteiger partial charge in [0.1, 0.15) is 5.75 Å². The fourth-order valence-electron chi connectivity index (χ4n) is 3.66.